The summed E-state index contributed by atoms with van der Waals surface area (Å²) in [5.41, 5.74) is 8.09. The van der Waals surface area contributed by atoms with E-state index in [-0.39, 0.29) is 23.7 Å². The van der Waals surface area contributed by atoms with E-state index in [2.05, 4.69) is 49.3 Å². The lowest BCUT2D eigenvalue weighted by Gasteiger charge is -2.40. The first-order valence-corrected chi connectivity index (χ1v) is 15.9. The average molecular weight is 558 g/mol. The smallest absolute Gasteiger partial charge is 0.271 e. The minimum atomic E-state index is -0.601. The highest BCUT2D eigenvalue weighted by Gasteiger charge is 2.46. The van der Waals surface area contributed by atoms with Crippen molar-refractivity contribution >= 4 is 29.1 Å². The van der Waals surface area contributed by atoms with Crippen molar-refractivity contribution in [2.75, 3.05) is 36.4 Å². The van der Waals surface area contributed by atoms with Gasteiger partial charge in [-0.15, -0.1) is 0 Å². The van der Waals surface area contributed by atoms with Gasteiger partial charge in [0.2, 0.25) is 5.91 Å². The molecule has 2 atom stereocenters. The van der Waals surface area contributed by atoms with Gasteiger partial charge in [-0.05, 0) is 94.5 Å². The van der Waals surface area contributed by atoms with Gasteiger partial charge in [0.05, 0.1) is 18.3 Å². The highest BCUT2D eigenvalue weighted by atomic mass is 16.2. The summed E-state index contributed by atoms with van der Waals surface area (Å²) in [4.78, 5) is 41.6. The normalized spacial score (nSPS) is 25.9. The number of primary amides is 1. The van der Waals surface area contributed by atoms with Crippen molar-refractivity contribution in [1.29, 1.82) is 0 Å². The summed E-state index contributed by atoms with van der Waals surface area (Å²) in [5, 5.41) is 3.34. The number of nitrogens with two attached hydrogens (primary N) is 1. The van der Waals surface area contributed by atoms with Gasteiger partial charge in [0.1, 0.15) is 5.82 Å². The number of hydrogen-bond acceptors (Lipinski definition) is 7. The molecule has 0 spiro atoms. The lowest BCUT2D eigenvalue weighted by Crippen LogP contribution is -2.51. The summed E-state index contributed by atoms with van der Waals surface area (Å²) < 4.78 is 0. The van der Waals surface area contributed by atoms with Crippen LogP contribution < -0.4 is 16.0 Å². The van der Waals surface area contributed by atoms with Crippen LogP contribution in [0.3, 0.4) is 0 Å². The number of anilines is 3. The van der Waals surface area contributed by atoms with Crippen molar-refractivity contribution in [2.24, 2.45) is 11.7 Å². The Morgan fingerprint density at radius 3 is 2.29 bits per heavy atom. The zero-order valence-corrected chi connectivity index (χ0v) is 24.0. The number of rotatable bonds is 7. The topological polar surface area (TPSA) is 108 Å². The minimum Gasteiger partial charge on any atom is -0.364 e. The van der Waals surface area contributed by atoms with Crippen molar-refractivity contribution in [3.05, 3.63) is 41.7 Å². The van der Waals surface area contributed by atoms with Crippen LogP contribution in [-0.2, 0) is 4.79 Å². The summed E-state index contributed by atoms with van der Waals surface area (Å²) in [7, 11) is 0. The Hall–Kier alpha value is -3.20. The van der Waals surface area contributed by atoms with E-state index in [1.807, 2.05) is 0 Å². The molecule has 1 aromatic heterocycles. The highest BCUT2D eigenvalue weighted by molar-refractivity contribution is 5.96. The van der Waals surface area contributed by atoms with Crippen molar-refractivity contribution in [3.63, 3.8) is 0 Å². The second-order valence-electron chi connectivity index (χ2n) is 12.9. The number of benzene rings is 1. The van der Waals surface area contributed by atoms with Crippen LogP contribution in [-0.4, -0.2) is 75.9 Å². The largest absolute Gasteiger partial charge is 0.364 e. The molecule has 0 unspecified atom stereocenters. The highest BCUT2D eigenvalue weighted by Crippen LogP contribution is 2.39. The molecule has 1 aromatic carbocycles. The van der Waals surface area contributed by atoms with Crippen LogP contribution >= 0.6 is 0 Å². The number of carbonyl (C=O) groups excluding carboxylic acids is 2. The lowest BCUT2D eigenvalue weighted by molar-refractivity contribution is -0.133. The Morgan fingerprint density at radius 2 is 1.59 bits per heavy atom. The second kappa shape index (κ2) is 11.2. The molecule has 7 rings (SSSR count). The first-order valence-electron chi connectivity index (χ1n) is 15.9. The zero-order chi connectivity index (χ0) is 27.9. The lowest BCUT2D eigenvalue weighted by atomic mass is 9.88. The van der Waals surface area contributed by atoms with Crippen molar-refractivity contribution in [2.45, 2.75) is 94.7 Å². The predicted octanol–water partition coefficient (Wildman–Crippen LogP) is 4.42. The standard InChI is InChI=1S/C32H43N7O2/c33-30(40)29-31(35-24-11-9-21(10-12-24)22-13-17-37(18-14-22)25-4-1-2-5-25)36-28(20-34-29)38-16-3-6-26-27(38)15-19-39(26)32(41)23-7-8-23/h9-12,20,22-23,25-27H,1-8,13-19H2,(H2,33,40)(H,35,36)/t26-,27-/m1/s1. The third kappa shape index (κ3) is 5.41. The molecule has 41 heavy (non-hydrogen) atoms. The number of piperidine rings is 2. The van der Waals surface area contributed by atoms with E-state index in [9.17, 15) is 9.59 Å². The maximum atomic E-state index is 12.9. The Kier molecular flexibility index (Phi) is 7.31. The van der Waals surface area contributed by atoms with E-state index < -0.39 is 5.91 Å². The van der Waals surface area contributed by atoms with Gasteiger partial charge in [-0.3, -0.25) is 9.59 Å². The maximum Gasteiger partial charge on any atom is 0.271 e. The van der Waals surface area contributed by atoms with Crippen molar-refractivity contribution < 1.29 is 9.59 Å². The Bertz CT molecular complexity index is 1270. The predicted molar refractivity (Wildman–Crippen MR) is 159 cm³/mol. The quantitative estimate of drug-likeness (QED) is 0.519. The zero-order valence-electron chi connectivity index (χ0n) is 24.0. The first kappa shape index (κ1) is 26.7. The van der Waals surface area contributed by atoms with E-state index in [4.69, 9.17) is 10.7 Å². The van der Waals surface area contributed by atoms with Gasteiger partial charge < -0.3 is 25.8 Å². The minimum absolute atomic E-state index is 0.141. The molecule has 218 valence electrons. The number of nitrogens with one attached hydrogen (secondary N) is 1. The van der Waals surface area contributed by atoms with Crippen molar-refractivity contribution in [1.82, 2.24) is 19.8 Å². The molecular weight excluding hydrogens is 514 g/mol. The number of fused-ring (bicyclic) bond motifs is 1. The molecule has 2 amide bonds. The number of hydrogen-bond donors (Lipinski definition) is 2. The number of nitrogens with zero attached hydrogens (tertiary/aromatic N) is 5. The maximum absolute atomic E-state index is 12.9. The summed E-state index contributed by atoms with van der Waals surface area (Å²) in [6, 6.07) is 9.83. The molecule has 0 radical (unpaired) electrons. The third-order valence-electron chi connectivity index (χ3n) is 10.3. The summed E-state index contributed by atoms with van der Waals surface area (Å²) in [5.74, 6) is 1.69. The van der Waals surface area contributed by atoms with Crippen LogP contribution in [0, 0.1) is 5.92 Å². The molecule has 2 saturated carbocycles. The van der Waals surface area contributed by atoms with Gasteiger partial charge in [-0.1, -0.05) is 25.0 Å². The summed E-state index contributed by atoms with van der Waals surface area (Å²) in [6.45, 7) is 4.07. The SMILES string of the molecule is NC(=O)c1ncc(N2CCC[C@@H]3[C@H]2CCN3C(=O)C2CC2)nc1Nc1ccc(C2CCN(C3CCCC3)CC2)cc1. The van der Waals surface area contributed by atoms with Gasteiger partial charge in [-0.2, -0.15) is 0 Å². The molecule has 9 nitrogen and oxygen atoms in total. The molecule has 3 N–H and O–H groups in total. The number of amides is 2. The van der Waals surface area contributed by atoms with E-state index >= 15 is 0 Å². The molecular formula is C32H43N7O2. The van der Waals surface area contributed by atoms with Crippen LogP contribution in [0.1, 0.15) is 92.6 Å². The molecule has 4 heterocycles. The Morgan fingerprint density at radius 1 is 0.829 bits per heavy atom. The summed E-state index contributed by atoms with van der Waals surface area (Å²) >= 11 is 0. The van der Waals surface area contributed by atoms with E-state index in [1.54, 1.807) is 6.20 Å². The first-order chi connectivity index (χ1) is 20.0. The fraction of sp³-hybridized carbons (Fsp3) is 0.625. The monoisotopic (exact) mass is 557 g/mol. The fourth-order valence-electron chi connectivity index (χ4n) is 7.94. The molecule has 3 saturated heterocycles. The second-order valence-corrected chi connectivity index (χ2v) is 12.9. The molecule has 0 bridgehead atoms. The van der Waals surface area contributed by atoms with Gasteiger partial charge in [-0.25, -0.2) is 9.97 Å². The van der Waals surface area contributed by atoms with Crippen LogP contribution in [0.4, 0.5) is 17.3 Å². The molecule has 2 aliphatic carbocycles. The van der Waals surface area contributed by atoms with Crippen molar-refractivity contribution in [3.8, 4) is 0 Å². The van der Waals surface area contributed by atoms with Gasteiger partial charge >= 0.3 is 0 Å². The summed E-state index contributed by atoms with van der Waals surface area (Å²) in [6.07, 6.45) is 14.7. The van der Waals surface area contributed by atoms with E-state index in [1.165, 1.54) is 57.2 Å². The van der Waals surface area contributed by atoms with Gasteiger partial charge in [0.25, 0.3) is 5.91 Å². The molecule has 3 aliphatic heterocycles. The van der Waals surface area contributed by atoms with Gasteiger partial charge in [0.15, 0.2) is 11.5 Å². The molecule has 5 fully saturated rings. The fourth-order valence-corrected chi connectivity index (χ4v) is 7.94. The number of carbonyl (C=O) groups is 2. The number of likely N-dealkylation sites (tertiary alicyclic amines) is 2. The van der Waals surface area contributed by atoms with Crippen LogP contribution in [0.2, 0.25) is 0 Å². The molecule has 2 aromatic rings. The van der Waals surface area contributed by atoms with E-state index in [0.29, 0.717) is 17.6 Å². The number of aromatic nitrogens is 2. The van der Waals surface area contributed by atoms with Crippen LogP contribution in [0.5, 0.6) is 0 Å². The molecule has 5 aliphatic rings. The van der Waals surface area contributed by atoms with Crippen LogP contribution in [0.15, 0.2) is 30.5 Å². The van der Waals surface area contributed by atoms with Crippen LogP contribution in [0.25, 0.3) is 0 Å². The Balaban J connectivity index is 1.04. The molecule has 9 heteroatoms. The van der Waals surface area contributed by atoms with E-state index in [0.717, 1.165) is 62.7 Å². The van der Waals surface area contributed by atoms with Gasteiger partial charge in [0, 0.05) is 30.7 Å². The third-order valence-corrected chi connectivity index (χ3v) is 10.3. The Labute approximate surface area is 242 Å². The average Bonchev–Trinajstić information content (AvgIpc) is 3.52.